The van der Waals surface area contributed by atoms with E-state index in [1.807, 2.05) is 13.0 Å². The molecular formula is C12H19BrN2. The smallest absolute Gasteiger partial charge is 0.0220 e. The zero-order valence-corrected chi connectivity index (χ0v) is 10.8. The minimum atomic E-state index is 0.315. The second-order valence-electron chi connectivity index (χ2n) is 3.89. The van der Waals surface area contributed by atoms with Gasteiger partial charge >= 0.3 is 0 Å². The lowest BCUT2D eigenvalue weighted by molar-refractivity contribution is 0.574. The number of benzene rings is 1. The van der Waals surface area contributed by atoms with E-state index in [9.17, 15) is 0 Å². The Labute approximate surface area is 100 Å². The van der Waals surface area contributed by atoms with Crippen LogP contribution in [0.3, 0.4) is 0 Å². The largest absolute Gasteiger partial charge is 0.328 e. The molecule has 84 valence electrons. The second-order valence-corrected chi connectivity index (χ2v) is 4.74. The number of hydrogen-bond donors (Lipinski definition) is 2. The van der Waals surface area contributed by atoms with E-state index in [0.29, 0.717) is 6.04 Å². The molecule has 0 radical (unpaired) electrons. The number of nitrogens with two attached hydrogens (primary N) is 1. The normalized spacial score (nSPS) is 12.7. The van der Waals surface area contributed by atoms with Crippen LogP contribution in [0.25, 0.3) is 0 Å². The van der Waals surface area contributed by atoms with Crippen molar-refractivity contribution in [1.82, 2.24) is 5.32 Å². The Hall–Kier alpha value is -0.380. The third-order valence-electron chi connectivity index (χ3n) is 2.29. The molecule has 0 aliphatic heterocycles. The van der Waals surface area contributed by atoms with E-state index in [0.717, 1.165) is 25.9 Å². The predicted molar refractivity (Wildman–Crippen MR) is 68.7 cm³/mol. The Bertz CT molecular complexity index is 287. The first-order valence-electron chi connectivity index (χ1n) is 5.40. The van der Waals surface area contributed by atoms with Crippen LogP contribution in [0.5, 0.6) is 0 Å². The first kappa shape index (κ1) is 12.7. The standard InChI is InChI=1S/C12H19BrN2/c1-10(14)5-4-8-15-9-11-6-2-3-7-12(11)13/h2-3,6-7,10,15H,4-5,8-9,14H2,1H3. The lowest BCUT2D eigenvalue weighted by Gasteiger charge is -2.07. The Morgan fingerprint density at radius 2 is 2.13 bits per heavy atom. The summed E-state index contributed by atoms with van der Waals surface area (Å²) in [6, 6.07) is 8.60. The predicted octanol–water partition coefficient (Wildman–Crippen LogP) is 2.67. The summed E-state index contributed by atoms with van der Waals surface area (Å²) in [5.74, 6) is 0. The molecule has 0 fully saturated rings. The highest BCUT2D eigenvalue weighted by molar-refractivity contribution is 9.10. The number of rotatable bonds is 6. The molecule has 0 saturated carbocycles. The average Bonchev–Trinajstić information content (AvgIpc) is 2.20. The molecule has 1 aromatic carbocycles. The topological polar surface area (TPSA) is 38.0 Å². The molecule has 0 heterocycles. The first-order valence-corrected chi connectivity index (χ1v) is 6.19. The zero-order chi connectivity index (χ0) is 11.1. The third-order valence-corrected chi connectivity index (χ3v) is 3.06. The van der Waals surface area contributed by atoms with Crippen LogP contribution in [0, 0.1) is 0 Å². The fourth-order valence-electron chi connectivity index (χ4n) is 1.41. The van der Waals surface area contributed by atoms with Crippen molar-refractivity contribution in [3.63, 3.8) is 0 Å². The highest BCUT2D eigenvalue weighted by Crippen LogP contribution is 2.15. The molecule has 3 N–H and O–H groups in total. The molecule has 0 spiro atoms. The van der Waals surface area contributed by atoms with Gasteiger partial charge in [0, 0.05) is 17.1 Å². The molecule has 1 rings (SSSR count). The van der Waals surface area contributed by atoms with Gasteiger partial charge in [-0.05, 0) is 37.9 Å². The highest BCUT2D eigenvalue weighted by atomic mass is 79.9. The molecule has 1 unspecified atom stereocenters. The molecule has 0 aromatic heterocycles. The summed E-state index contributed by atoms with van der Waals surface area (Å²) in [6.07, 6.45) is 2.23. The van der Waals surface area contributed by atoms with E-state index >= 15 is 0 Å². The molecule has 3 heteroatoms. The van der Waals surface area contributed by atoms with Gasteiger partial charge in [-0.3, -0.25) is 0 Å². The van der Waals surface area contributed by atoms with Crippen molar-refractivity contribution >= 4 is 15.9 Å². The van der Waals surface area contributed by atoms with Crippen LogP contribution in [0.15, 0.2) is 28.7 Å². The number of halogens is 1. The van der Waals surface area contributed by atoms with E-state index in [1.54, 1.807) is 0 Å². The van der Waals surface area contributed by atoms with Crippen LogP contribution >= 0.6 is 15.9 Å². The number of hydrogen-bond acceptors (Lipinski definition) is 2. The minimum Gasteiger partial charge on any atom is -0.328 e. The molecule has 15 heavy (non-hydrogen) atoms. The van der Waals surface area contributed by atoms with Crippen molar-refractivity contribution in [2.24, 2.45) is 5.73 Å². The van der Waals surface area contributed by atoms with Crippen LogP contribution in [-0.2, 0) is 6.54 Å². The van der Waals surface area contributed by atoms with E-state index in [1.165, 1.54) is 10.0 Å². The summed E-state index contributed by atoms with van der Waals surface area (Å²) >= 11 is 3.53. The van der Waals surface area contributed by atoms with Crippen LogP contribution < -0.4 is 11.1 Å². The second kappa shape index (κ2) is 6.99. The SMILES string of the molecule is CC(N)CCCNCc1ccccc1Br. The maximum Gasteiger partial charge on any atom is 0.0220 e. The van der Waals surface area contributed by atoms with E-state index in [4.69, 9.17) is 5.73 Å². The maximum absolute atomic E-state index is 5.67. The lowest BCUT2D eigenvalue weighted by Crippen LogP contribution is -2.19. The van der Waals surface area contributed by atoms with Gasteiger partial charge in [-0.15, -0.1) is 0 Å². The summed E-state index contributed by atoms with van der Waals surface area (Å²) in [7, 11) is 0. The van der Waals surface area contributed by atoms with Crippen molar-refractivity contribution in [3.8, 4) is 0 Å². The third kappa shape index (κ3) is 5.30. The zero-order valence-electron chi connectivity index (χ0n) is 9.17. The van der Waals surface area contributed by atoms with Gasteiger partial charge in [-0.2, -0.15) is 0 Å². The van der Waals surface area contributed by atoms with Gasteiger partial charge in [0.25, 0.3) is 0 Å². The van der Waals surface area contributed by atoms with Crippen molar-refractivity contribution in [2.75, 3.05) is 6.54 Å². The Kier molecular flexibility index (Phi) is 5.91. The fourth-order valence-corrected chi connectivity index (χ4v) is 1.84. The Morgan fingerprint density at radius 3 is 2.80 bits per heavy atom. The van der Waals surface area contributed by atoms with E-state index in [2.05, 4.69) is 39.4 Å². The molecule has 0 bridgehead atoms. The van der Waals surface area contributed by atoms with Crippen LogP contribution in [0.1, 0.15) is 25.3 Å². The van der Waals surface area contributed by atoms with Crippen molar-refractivity contribution < 1.29 is 0 Å². The van der Waals surface area contributed by atoms with Crippen LogP contribution in [0.4, 0.5) is 0 Å². The van der Waals surface area contributed by atoms with Gasteiger partial charge in [-0.25, -0.2) is 0 Å². The van der Waals surface area contributed by atoms with Gasteiger partial charge in [-0.1, -0.05) is 34.1 Å². The average molecular weight is 271 g/mol. The summed E-state index contributed by atoms with van der Waals surface area (Å²) in [5, 5.41) is 3.41. The van der Waals surface area contributed by atoms with Gasteiger partial charge in [0.2, 0.25) is 0 Å². The minimum absolute atomic E-state index is 0.315. The lowest BCUT2D eigenvalue weighted by atomic mass is 10.2. The molecular weight excluding hydrogens is 252 g/mol. The van der Waals surface area contributed by atoms with Gasteiger partial charge < -0.3 is 11.1 Å². The summed E-state index contributed by atoms with van der Waals surface area (Å²) in [6.45, 7) is 4.00. The monoisotopic (exact) mass is 270 g/mol. The summed E-state index contributed by atoms with van der Waals surface area (Å²) < 4.78 is 1.17. The molecule has 0 aliphatic rings. The molecule has 1 aromatic rings. The fraction of sp³-hybridized carbons (Fsp3) is 0.500. The van der Waals surface area contributed by atoms with Crippen molar-refractivity contribution in [3.05, 3.63) is 34.3 Å². The van der Waals surface area contributed by atoms with Gasteiger partial charge in [0.1, 0.15) is 0 Å². The van der Waals surface area contributed by atoms with Gasteiger partial charge in [0.15, 0.2) is 0 Å². The van der Waals surface area contributed by atoms with E-state index < -0.39 is 0 Å². The molecule has 0 aliphatic carbocycles. The van der Waals surface area contributed by atoms with Crippen LogP contribution in [0.2, 0.25) is 0 Å². The molecule has 2 nitrogen and oxygen atoms in total. The number of nitrogens with one attached hydrogen (secondary N) is 1. The maximum atomic E-state index is 5.67. The van der Waals surface area contributed by atoms with Crippen molar-refractivity contribution in [2.45, 2.75) is 32.4 Å². The van der Waals surface area contributed by atoms with Crippen molar-refractivity contribution in [1.29, 1.82) is 0 Å². The summed E-state index contributed by atoms with van der Waals surface area (Å²) in [5.41, 5.74) is 6.98. The van der Waals surface area contributed by atoms with E-state index in [-0.39, 0.29) is 0 Å². The molecule has 1 atom stereocenters. The first-order chi connectivity index (χ1) is 7.20. The molecule has 0 amide bonds. The van der Waals surface area contributed by atoms with Gasteiger partial charge in [0.05, 0.1) is 0 Å². The molecule has 0 saturated heterocycles. The Morgan fingerprint density at radius 1 is 1.40 bits per heavy atom. The Balaban J connectivity index is 2.18. The quantitative estimate of drug-likeness (QED) is 0.781. The summed E-state index contributed by atoms with van der Waals surface area (Å²) in [4.78, 5) is 0. The van der Waals surface area contributed by atoms with Crippen LogP contribution in [-0.4, -0.2) is 12.6 Å². The highest BCUT2D eigenvalue weighted by Gasteiger charge is 1.98.